The third kappa shape index (κ3) is 4.44. The van der Waals surface area contributed by atoms with Gasteiger partial charge in [0.15, 0.2) is 11.6 Å². The summed E-state index contributed by atoms with van der Waals surface area (Å²) in [6.45, 7) is -2.14. The Labute approximate surface area is 236 Å². The monoisotopic (exact) mass is 614 g/mol. The van der Waals surface area contributed by atoms with E-state index in [4.69, 9.17) is 4.74 Å². The highest BCUT2D eigenvalue weighted by molar-refractivity contribution is 7.90. The maximum Gasteiger partial charge on any atom is 0.511 e. The number of nitrogens with zero attached hydrogens (tertiary/aromatic N) is 2. The summed E-state index contributed by atoms with van der Waals surface area (Å²) >= 11 is 0. The molecule has 42 heavy (non-hydrogen) atoms. The van der Waals surface area contributed by atoms with E-state index in [1.807, 2.05) is 0 Å². The molecule has 226 valence electrons. The fourth-order valence-electron chi connectivity index (χ4n) is 5.78. The number of aliphatic hydroxyl groups excluding tert-OH is 1. The summed E-state index contributed by atoms with van der Waals surface area (Å²) in [5.41, 5.74) is -9.87. The number of ketones is 3. The lowest BCUT2D eigenvalue weighted by Crippen LogP contribution is -2.55. The molecular weight excluding hydrogens is 589 g/mol. The molecule has 3 aliphatic rings. The molecule has 0 amide bonds. The number of phenols is 2. The molecule has 1 fully saturated rings. The topological polar surface area (TPSA) is 182 Å². The number of aromatic hydroxyl groups is 2. The van der Waals surface area contributed by atoms with Crippen LogP contribution in [0.1, 0.15) is 55.5 Å². The van der Waals surface area contributed by atoms with Crippen LogP contribution in [0.4, 0.5) is 13.2 Å². The van der Waals surface area contributed by atoms with E-state index in [2.05, 4.69) is 0 Å². The fraction of sp³-hybridized carbons (Fsp3) is 0.423. The van der Waals surface area contributed by atoms with Crippen LogP contribution in [0.25, 0.3) is 0 Å². The largest absolute Gasteiger partial charge is 0.511 e. The molecule has 2 aromatic rings. The summed E-state index contributed by atoms with van der Waals surface area (Å²) in [5.74, 6) is -4.13. The average molecular weight is 615 g/mol. The number of ether oxygens (including phenoxy) is 1. The second-order valence-electron chi connectivity index (χ2n) is 10.4. The van der Waals surface area contributed by atoms with Crippen molar-refractivity contribution in [1.29, 1.82) is 0 Å². The number of Topliss-reactive ketones (excluding diaryl/α,β-unsaturated/α-hetero) is 1. The van der Waals surface area contributed by atoms with Crippen LogP contribution in [0, 0.1) is 0 Å². The van der Waals surface area contributed by atoms with Gasteiger partial charge < -0.3 is 25.2 Å². The van der Waals surface area contributed by atoms with E-state index >= 15 is 0 Å². The van der Waals surface area contributed by atoms with Crippen molar-refractivity contribution in [3.05, 3.63) is 51.6 Å². The number of phenolic OH excluding ortho intramolecular Hbond substituents is 2. The van der Waals surface area contributed by atoms with Gasteiger partial charge in [-0.3, -0.25) is 19.3 Å². The highest BCUT2D eigenvalue weighted by Gasteiger charge is 2.51. The molecule has 1 heterocycles. The van der Waals surface area contributed by atoms with E-state index in [1.165, 1.54) is 30.2 Å². The number of aliphatic hydroxyl groups is 2. The molecule has 4 N–H and O–H groups in total. The lowest BCUT2D eigenvalue weighted by Gasteiger charge is -2.39. The van der Waals surface area contributed by atoms with Crippen LogP contribution in [0.15, 0.2) is 18.2 Å². The van der Waals surface area contributed by atoms with Gasteiger partial charge in [0.05, 0.1) is 36.4 Å². The summed E-state index contributed by atoms with van der Waals surface area (Å²) < 4.78 is 67.3. The number of hydrogen-bond donors (Lipinski definition) is 4. The number of rotatable bonds is 5. The van der Waals surface area contributed by atoms with Crippen LogP contribution in [-0.4, -0.2) is 106 Å². The van der Waals surface area contributed by atoms with Gasteiger partial charge in [-0.25, -0.2) is 8.42 Å². The van der Waals surface area contributed by atoms with Gasteiger partial charge in [0.1, 0.15) is 22.8 Å². The third-order valence-corrected chi connectivity index (χ3v) is 9.58. The van der Waals surface area contributed by atoms with Crippen molar-refractivity contribution in [2.24, 2.45) is 0 Å². The Morgan fingerprint density at radius 2 is 1.67 bits per heavy atom. The van der Waals surface area contributed by atoms with Gasteiger partial charge in [-0.2, -0.15) is 17.5 Å². The molecule has 2 unspecified atom stereocenters. The average Bonchev–Trinajstić information content (AvgIpc) is 2.92. The van der Waals surface area contributed by atoms with Crippen LogP contribution in [0.2, 0.25) is 0 Å². The Balaban J connectivity index is 1.43. The predicted octanol–water partition coefficient (Wildman–Crippen LogP) is 0.629. The first-order valence-corrected chi connectivity index (χ1v) is 14.1. The lowest BCUT2D eigenvalue weighted by atomic mass is 9.72. The van der Waals surface area contributed by atoms with Crippen LogP contribution in [0.5, 0.6) is 17.2 Å². The number of sulfonamides is 1. The van der Waals surface area contributed by atoms with Crippen LogP contribution in [0.3, 0.4) is 0 Å². The summed E-state index contributed by atoms with van der Waals surface area (Å²) in [4.78, 5) is 41.3. The first-order valence-electron chi connectivity index (χ1n) is 12.6. The Bertz CT molecular complexity index is 1630. The first kappa shape index (κ1) is 29.9. The number of alkyl halides is 3. The van der Waals surface area contributed by atoms with Crippen molar-refractivity contribution in [2.75, 3.05) is 39.8 Å². The molecule has 0 radical (unpaired) electrons. The fourth-order valence-corrected chi connectivity index (χ4v) is 6.72. The molecule has 2 aromatic carbocycles. The first-order chi connectivity index (χ1) is 19.5. The minimum Gasteiger partial charge on any atom is -0.507 e. The summed E-state index contributed by atoms with van der Waals surface area (Å²) in [6.07, 6.45) is -3.11. The SMILES string of the molecule is COc1cccc2c1C(=O)c1c(O)c3c(c(O)c1C2=O)CC(O)(C(=O)CN1CCN(S(=O)(=O)C(F)(F)F)CC1)CC3O. The van der Waals surface area contributed by atoms with Gasteiger partial charge in [-0.1, -0.05) is 12.1 Å². The molecule has 2 aliphatic carbocycles. The number of benzene rings is 2. The van der Waals surface area contributed by atoms with Crippen molar-refractivity contribution in [1.82, 2.24) is 9.21 Å². The zero-order chi connectivity index (χ0) is 30.9. The van der Waals surface area contributed by atoms with Gasteiger partial charge in [0.2, 0.25) is 5.78 Å². The molecule has 16 heteroatoms. The van der Waals surface area contributed by atoms with Gasteiger partial charge in [-0.05, 0) is 6.07 Å². The Kier molecular flexibility index (Phi) is 7.13. The normalized spacial score (nSPS) is 23.2. The number of hydrogen-bond acceptors (Lipinski definition) is 11. The molecule has 1 aliphatic heterocycles. The van der Waals surface area contributed by atoms with Gasteiger partial charge >= 0.3 is 15.5 Å². The summed E-state index contributed by atoms with van der Waals surface area (Å²) in [7, 11) is -4.27. The molecule has 2 atom stereocenters. The maximum absolute atomic E-state index is 13.4. The minimum atomic E-state index is -5.54. The quantitative estimate of drug-likeness (QED) is 0.296. The van der Waals surface area contributed by atoms with Gasteiger partial charge in [0, 0.05) is 55.7 Å². The third-order valence-electron chi connectivity index (χ3n) is 7.95. The second-order valence-corrected chi connectivity index (χ2v) is 12.3. The predicted molar refractivity (Wildman–Crippen MR) is 136 cm³/mol. The number of halogens is 3. The zero-order valence-corrected chi connectivity index (χ0v) is 22.8. The van der Waals surface area contributed by atoms with E-state index in [0.29, 0.717) is 0 Å². The molecule has 0 aromatic heterocycles. The zero-order valence-electron chi connectivity index (χ0n) is 21.9. The number of methoxy groups -OCH3 is 1. The number of fused-ring (bicyclic) bond motifs is 3. The molecule has 0 spiro atoms. The number of carbonyl (C=O) groups excluding carboxylic acids is 3. The van der Waals surface area contributed by atoms with E-state index in [1.54, 1.807) is 0 Å². The second kappa shape index (κ2) is 10.0. The Morgan fingerprint density at radius 3 is 2.26 bits per heavy atom. The van der Waals surface area contributed by atoms with Gasteiger partial charge in [-0.15, -0.1) is 0 Å². The van der Waals surface area contributed by atoms with Gasteiger partial charge in [0.25, 0.3) is 0 Å². The minimum absolute atomic E-state index is 0.0467. The smallest absolute Gasteiger partial charge is 0.507 e. The van der Waals surface area contributed by atoms with Crippen molar-refractivity contribution in [3.63, 3.8) is 0 Å². The molecule has 12 nitrogen and oxygen atoms in total. The molecule has 0 saturated carbocycles. The highest BCUT2D eigenvalue weighted by Crippen LogP contribution is 2.51. The number of carbonyl (C=O) groups is 3. The van der Waals surface area contributed by atoms with E-state index < -0.39 is 99.7 Å². The van der Waals surface area contributed by atoms with Crippen molar-refractivity contribution >= 4 is 27.4 Å². The van der Waals surface area contributed by atoms with Crippen molar-refractivity contribution in [2.45, 2.75) is 30.1 Å². The number of piperazine rings is 1. The molecule has 0 bridgehead atoms. The lowest BCUT2D eigenvalue weighted by molar-refractivity contribution is -0.143. The van der Waals surface area contributed by atoms with E-state index in [0.717, 1.165) is 0 Å². The Morgan fingerprint density at radius 1 is 1.05 bits per heavy atom. The maximum atomic E-state index is 13.4. The standard InChI is InChI=1S/C26H25F3N2O10S/c1-41-15-4-2-3-12-18(15)24(37)20-19(21(12)34)22(35)13-9-25(38,10-14(32)17(13)23(20)36)16(33)11-30-5-7-31(8-6-30)42(39,40)26(27,28)29/h2-4,14,32,35-36,38H,5-11H2,1H3. The molecule has 5 rings (SSSR count). The molecule has 1 saturated heterocycles. The molecular formula is C26H25F3N2O10S. The summed E-state index contributed by atoms with van der Waals surface area (Å²) in [5, 5.41) is 44.4. The van der Waals surface area contributed by atoms with Crippen molar-refractivity contribution in [3.8, 4) is 17.2 Å². The Hall–Kier alpha value is -3.57. The van der Waals surface area contributed by atoms with E-state index in [9.17, 15) is 56.4 Å². The van der Waals surface area contributed by atoms with Crippen LogP contribution < -0.4 is 4.74 Å². The van der Waals surface area contributed by atoms with Crippen molar-refractivity contribution < 1.29 is 61.1 Å². The van der Waals surface area contributed by atoms with Crippen LogP contribution >= 0.6 is 0 Å². The highest BCUT2D eigenvalue weighted by atomic mass is 32.2. The van der Waals surface area contributed by atoms with Crippen LogP contribution in [-0.2, 0) is 21.2 Å². The summed E-state index contributed by atoms with van der Waals surface area (Å²) in [6, 6.07) is 4.20. The van der Waals surface area contributed by atoms with E-state index in [-0.39, 0.29) is 45.4 Å².